The molecule has 0 aromatic heterocycles. The normalized spacial score (nSPS) is 15.3. The first-order valence-electron chi connectivity index (χ1n) is 6.53. The second-order valence-electron chi connectivity index (χ2n) is 4.75. The van der Waals surface area contributed by atoms with Gasteiger partial charge in [-0.15, -0.1) is 0 Å². The largest absolute Gasteiger partial charge is 0.486 e. The molecule has 0 amide bonds. The summed E-state index contributed by atoms with van der Waals surface area (Å²) in [4.78, 5) is 0. The molecule has 4 heteroatoms. The van der Waals surface area contributed by atoms with Crippen LogP contribution in [0.25, 0.3) is 0 Å². The summed E-state index contributed by atoms with van der Waals surface area (Å²) in [5.41, 5.74) is 0.920. The summed E-state index contributed by atoms with van der Waals surface area (Å²) in [5.74, 6) is 2.15. The van der Waals surface area contributed by atoms with Crippen molar-refractivity contribution < 1.29 is 9.47 Å². The molecule has 0 saturated carbocycles. The van der Waals surface area contributed by atoms with E-state index in [9.17, 15) is 0 Å². The lowest BCUT2D eigenvalue weighted by atomic mass is 10.1. The van der Waals surface area contributed by atoms with Crippen molar-refractivity contribution in [2.45, 2.75) is 26.7 Å². The maximum atomic E-state index is 6.22. The summed E-state index contributed by atoms with van der Waals surface area (Å²) < 4.78 is 11.0. The number of nitrogens with one attached hydrogen (secondary N) is 1. The first-order valence-corrected chi connectivity index (χ1v) is 6.91. The first kappa shape index (κ1) is 13.3. The van der Waals surface area contributed by atoms with Crippen molar-refractivity contribution in [3.63, 3.8) is 0 Å². The number of anilines is 1. The molecule has 1 aliphatic rings. The fourth-order valence-electron chi connectivity index (χ4n) is 2.08. The van der Waals surface area contributed by atoms with Gasteiger partial charge in [0.15, 0.2) is 11.5 Å². The third-order valence-electron chi connectivity index (χ3n) is 3.05. The highest BCUT2D eigenvalue weighted by molar-refractivity contribution is 6.33. The summed E-state index contributed by atoms with van der Waals surface area (Å²) in [5, 5.41) is 4.06. The molecule has 2 rings (SSSR count). The third kappa shape index (κ3) is 3.22. The molecule has 1 aromatic rings. The van der Waals surface area contributed by atoms with Crippen molar-refractivity contribution in [2.24, 2.45) is 5.92 Å². The summed E-state index contributed by atoms with van der Waals surface area (Å²) in [7, 11) is 0. The quantitative estimate of drug-likeness (QED) is 0.878. The van der Waals surface area contributed by atoms with Gasteiger partial charge in [0.2, 0.25) is 0 Å². The van der Waals surface area contributed by atoms with Crippen molar-refractivity contribution in [3.8, 4) is 11.5 Å². The van der Waals surface area contributed by atoms with Gasteiger partial charge in [0.05, 0.1) is 10.7 Å². The predicted octanol–water partition coefficient (Wildman–Crippen LogP) is 3.96. The number of rotatable bonds is 5. The van der Waals surface area contributed by atoms with Crippen LogP contribution in [0.15, 0.2) is 12.1 Å². The Morgan fingerprint density at radius 1 is 1.28 bits per heavy atom. The van der Waals surface area contributed by atoms with Crippen LogP contribution in [0.4, 0.5) is 5.69 Å². The molecule has 18 heavy (non-hydrogen) atoms. The number of hydrogen-bond donors (Lipinski definition) is 1. The van der Waals surface area contributed by atoms with E-state index >= 15 is 0 Å². The van der Waals surface area contributed by atoms with Crippen LogP contribution >= 0.6 is 11.6 Å². The van der Waals surface area contributed by atoms with Gasteiger partial charge in [-0.2, -0.15) is 0 Å². The van der Waals surface area contributed by atoms with Crippen LogP contribution in [-0.2, 0) is 0 Å². The fourth-order valence-corrected chi connectivity index (χ4v) is 2.30. The van der Waals surface area contributed by atoms with E-state index in [1.807, 2.05) is 12.1 Å². The molecule has 0 spiro atoms. The smallest absolute Gasteiger partial charge is 0.163 e. The molecule has 1 heterocycles. The van der Waals surface area contributed by atoms with Crippen molar-refractivity contribution in [1.29, 1.82) is 0 Å². The lowest BCUT2D eigenvalue weighted by Gasteiger charge is -2.21. The van der Waals surface area contributed by atoms with Crippen LogP contribution in [0.5, 0.6) is 11.5 Å². The molecule has 1 atom stereocenters. The Morgan fingerprint density at radius 3 is 2.61 bits per heavy atom. The van der Waals surface area contributed by atoms with Crippen molar-refractivity contribution in [3.05, 3.63) is 17.2 Å². The molecule has 0 radical (unpaired) electrons. The lowest BCUT2D eigenvalue weighted by Crippen LogP contribution is -2.16. The van der Waals surface area contributed by atoms with Crippen LogP contribution < -0.4 is 14.8 Å². The highest BCUT2D eigenvalue weighted by Gasteiger charge is 2.15. The zero-order chi connectivity index (χ0) is 13.0. The van der Waals surface area contributed by atoms with E-state index in [1.165, 1.54) is 12.8 Å². The Bertz CT molecular complexity index is 409. The second kappa shape index (κ2) is 6.19. The minimum absolute atomic E-state index is 0.587. The van der Waals surface area contributed by atoms with Gasteiger partial charge >= 0.3 is 0 Å². The maximum absolute atomic E-state index is 6.22. The van der Waals surface area contributed by atoms with Crippen LogP contribution in [-0.4, -0.2) is 19.8 Å². The van der Waals surface area contributed by atoms with Crippen LogP contribution in [0.3, 0.4) is 0 Å². The molecular weight excluding hydrogens is 250 g/mol. The molecule has 0 fully saturated rings. The van der Waals surface area contributed by atoms with E-state index in [-0.39, 0.29) is 0 Å². The zero-order valence-electron chi connectivity index (χ0n) is 11.0. The van der Waals surface area contributed by atoms with E-state index in [0.29, 0.717) is 24.2 Å². The number of halogens is 1. The van der Waals surface area contributed by atoms with Crippen molar-refractivity contribution in [1.82, 2.24) is 0 Å². The standard InChI is InChI=1S/C14H20ClNO2/c1-3-4-10(2)9-16-12-8-14-13(7-11(12)15)17-5-6-18-14/h7-8,10,16H,3-6,9H2,1-2H3. The topological polar surface area (TPSA) is 30.5 Å². The number of fused-ring (bicyclic) bond motifs is 1. The first-order chi connectivity index (χ1) is 8.70. The Kier molecular flexibility index (Phi) is 4.59. The Labute approximate surface area is 113 Å². The number of benzene rings is 1. The van der Waals surface area contributed by atoms with Gasteiger partial charge in [0.25, 0.3) is 0 Å². The molecule has 3 nitrogen and oxygen atoms in total. The second-order valence-corrected chi connectivity index (χ2v) is 5.16. The SMILES string of the molecule is CCCC(C)CNc1cc2c(cc1Cl)OCCO2. The van der Waals surface area contributed by atoms with Gasteiger partial charge in [-0.25, -0.2) is 0 Å². The number of hydrogen-bond acceptors (Lipinski definition) is 3. The van der Waals surface area contributed by atoms with Gasteiger partial charge in [-0.1, -0.05) is 31.9 Å². The van der Waals surface area contributed by atoms with Gasteiger partial charge < -0.3 is 14.8 Å². The molecule has 1 aromatic carbocycles. The Balaban J connectivity index is 2.04. The van der Waals surface area contributed by atoms with E-state index in [1.54, 1.807) is 0 Å². The fraction of sp³-hybridized carbons (Fsp3) is 0.571. The van der Waals surface area contributed by atoms with Crippen LogP contribution in [0, 0.1) is 5.92 Å². The third-order valence-corrected chi connectivity index (χ3v) is 3.37. The molecule has 1 N–H and O–H groups in total. The van der Waals surface area contributed by atoms with Gasteiger partial charge in [0, 0.05) is 18.7 Å². The lowest BCUT2D eigenvalue weighted by molar-refractivity contribution is 0.171. The summed E-state index contributed by atoms with van der Waals surface area (Å²) in [6, 6.07) is 3.75. The van der Waals surface area contributed by atoms with Crippen LogP contribution in [0.1, 0.15) is 26.7 Å². The summed E-state index contributed by atoms with van der Waals surface area (Å²) in [6.45, 7) is 6.55. The molecule has 100 valence electrons. The zero-order valence-corrected chi connectivity index (χ0v) is 11.7. The minimum Gasteiger partial charge on any atom is -0.486 e. The minimum atomic E-state index is 0.587. The van der Waals surface area contributed by atoms with Crippen LogP contribution in [0.2, 0.25) is 5.02 Å². The molecule has 1 aliphatic heterocycles. The van der Waals surface area contributed by atoms with Crippen molar-refractivity contribution in [2.75, 3.05) is 25.1 Å². The van der Waals surface area contributed by atoms with Gasteiger partial charge in [-0.3, -0.25) is 0 Å². The maximum Gasteiger partial charge on any atom is 0.163 e. The summed E-state index contributed by atoms with van der Waals surface area (Å²) >= 11 is 6.22. The van der Waals surface area contributed by atoms with Crippen molar-refractivity contribution >= 4 is 17.3 Å². The van der Waals surface area contributed by atoms with E-state index < -0.39 is 0 Å². The summed E-state index contributed by atoms with van der Waals surface area (Å²) in [6.07, 6.45) is 2.42. The molecule has 0 aliphatic carbocycles. The molecular formula is C14H20ClNO2. The molecule has 0 saturated heterocycles. The average molecular weight is 270 g/mol. The average Bonchev–Trinajstić information content (AvgIpc) is 2.36. The molecule has 1 unspecified atom stereocenters. The highest BCUT2D eigenvalue weighted by Crippen LogP contribution is 2.37. The predicted molar refractivity (Wildman–Crippen MR) is 75.0 cm³/mol. The Hall–Kier alpha value is -1.09. The van der Waals surface area contributed by atoms with Gasteiger partial charge in [-0.05, 0) is 12.3 Å². The monoisotopic (exact) mass is 269 g/mol. The van der Waals surface area contributed by atoms with E-state index in [4.69, 9.17) is 21.1 Å². The molecule has 0 bridgehead atoms. The highest BCUT2D eigenvalue weighted by atomic mass is 35.5. The van der Waals surface area contributed by atoms with E-state index in [2.05, 4.69) is 19.2 Å². The van der Waals surface area contributed by atoms with Gasteiger partial charge in [0.1, 0.15) is 13.2 Å². The Morgan fingerprint density at radius 2 is 1.94 bits per heavy atom. The van der Waals surface area contributed by atoms with E-state index in [0.717, 1.165) is 23.7 Å². The number of ether oxygens (including phenoxy) is 2.